The number of ether oxygens (including phenoxy) is 1. The summed E-state index contributed by atoms with van der Waals surface area (Å²) in [6, 6.07) is 8.06. The van der Waals surface area contributed by atoms with E-state index < -0.39 is 17.7 Å². The van der Waals surface area contributed by atoms with E-state index in [1.165, 1.54) is 6.07 Å². The second-order valence-electron chi connectivity index (χ2n) is 4.03. The van der Waals surface area contributed by atoms with Crippen molar-refractivity contribution in [1.29, 1.82) is 0 Å². The number of hydrogen-bond donors (Lipinski definition) is 1. The van der Waals surface area contributed by atoms with Crippen molar-refractivity contribution in [2.45, 2.75) is 13.0 Å². The van der Waals surface area contributed by atoms with Crippen molar-refractivity contribution in [2.75, 3.05) is 0 Å². The van der Waals surface area contributed by atoms with Crippen LogP contribution in [0.2, 0.25) is 0 Å². The predicted octanol–water partition coefficient (Wildman–Crippen LogP) is 4.57. The van der Waals surface area contributed by atoms with Gasteiger partial charge in [-0.2, -0.15) is 0 Å². The Labute approximate surface area is 117 Å². The average molecular weight is 329 g/mol. The van der Waals surface area contributed by atoms with Gasteiger partial charge in [0.1, 0.15) is 11.6 Å². The maximum absolute atomic E-state index is 13.5. The minimum atomic E-state index is -0.792. The molecule has 5 heteroatoms. The van der Waals surface area contributed by atoms with E-state index in [9.17, 15) is 13.9 Å². The summed E-state index contributed by atoms with van der Waals surface area (Å²) >= 11 is 3.28. The van der Waals surface area contributed by atoms with E-state index in [0.29, 0.717) is 11.3 Å². The highest BCUT2D eigenvalue weighted by Crippen LogP contribution is 2.33. The first-order valence-electron chi connectivity index (χ1n) is 5.58. The molecule has 19 heavy (non-hydrogen) atoms. The molecule has 1 atom stereocenters. The van der Waals surface area contributed by atoms with Crippen LogP contribution in [0.4, 0.5) is 8.78 Å². The smallest absolute Gasteiger partial charge is 0.168 e. The minimum Gasteiger partial charge on any atom is -0.454 e. The Bertz CT molecular complexity index is 600. The van der Waals surface area contributed by atoms with Crippen LogP contribution < -0.4 is 4.74 Å². The van der Waals surface area contributed by atoms with Crippen LogP contribution in [0.15, 0.2) is 40.9 Å². The molecular weight excluding hydrogens is 318 g/mol. The van der Waals surface area contributed by atoms with Crippen molar-refractivity contribution in [1.82, 2.24) is 0 Å². The summed E-state index contributed by atoms with van der Waals surface area (Å²) in [5.74, 6) is -1.23. The van der Waals surface area contributed by atoms with Crippen molar-refractivity contribution in [3.05, 3.63) is 58.1 Å². The summed E-state index contributed by atoms with van der Waals surface area (Å²) in [6.07, 6.45) is -0.768. The van der Waals surface area contributed by atoms with E-state index in [2.05, 4.69) is 15.9 Å². The summed E-state index contributed by atoms with van der Waals surface area (Å²) in [4.78, 5) is 0. The summed E-state index contributed by atoms with van der Waals surface area (Å²) in [5.41, 5.74) is 0.512. The summed E-state index contributed by atoms with van der Waals surface area (Å²) in [6.45, 7) is 1.58. The normalized spacial score (nSPS) is 12.3. The highest BCUT2D eigenvalue weighted by atomic mass is 79.9. The second kappa shape index (κ2) is 5.67. The van der Waals surface area contributed by atoms with Gasteiger partial charge in [0.25, 0.3) is 0 Å². The van der Waals surface area contributed by atoms with Gasteiger partial charge in [-0.1, -0.05) is 15.9 Å². The van der Waals surface area contributed by atoms with Gasteiger partial charge in [0, 0.05) is 16.1 Å². The van der Waals surface area contributed by atoms with Crippen LogP contribution in [0.3, 0.4) is 0 Å². The van der Waals surface area contributed by atoms with Crippen LogP contribution in [0.1, 0.15) is 18.6 Å². The summed E-state index contributed by atoms with van der Waals surface area (Å²) in [5, 5.41) is 9.67. The molecule has 0 aliphatic heterocycles. The van der Waals surface area contributed by atoms with E-state index in [4.69, 9.17) is 4.74 Å². The summed E-state index contributed by atoms with van der Waals surface area (Å²) < 4.78 is 32.5. The van der Waals surface area contributed by atoms with Gasteiger partial charge in [0.15, 0.2) is 11.6 Å². The number of aliphatic hydroxyl groups is 1. The number of halogens is 3. The molecule has 1 N–H and O–H groups in total. The summed E-state index contributed by atoms with van der Waals surface area (Å²) in [7, 11) is 0. The van der Waals surface area contributed by atoms with E-state index in [1.54, 1.807) is 25.1 Å². The van der Waals surface area contributed by atoms with E-state index in [-0.39, 0.29) is 5.75 Å². The lowest BCUT2D eigenvalue weighted by molar-refractivity contribution is 0.195. The van der Waals surface area contributed by atoms with Gasteiger partial charge in [-0.3, -0.25) is 0 Å². The Morgan fingerprint density at radius 1 is 1.11 bits per heavy atom. The van der Waals surface area contributed by atoms with Gasteiger partial charge < -0.3 is 9.84 Å². The molecule has 2 nitrogen and oxygen atoms in total. The second-order valence-corrected chi connectivity index (χ2v) is 4.95. The lowest BCUT2D eigenvalue weighted by Gasteiger charge is -2.14. The van der Waals surface area contributed by atoms with Gasteiger partial charge in [0.2, 0.25) is 0 Å². The molecule has 2 aromatic carbocycles. The van der Waals surface area contributed by atoms with E-state index in [1.807, 2.05) is 0 Å². The van der Waals surface area contributed by atoms with Gasteiger partial charge in [-0.25, -0.2) is 8.78 Å². The quantitative estimate of drug-likeness (QED) is 0.894. The highest BCUT2D eigenvalue weighted by Gasteiger charge is 2.13. The zero-order valence-corrected chi connectivity index (χ0v) is 11.6. The first kappa shape index (κ1) is 14.0. The Balaban J connectivity index is 2.38. The van der Waals surface area contributed by atoms with Gasteiger partial charge in [-0.15, -0.1) is 0 Å². The molecule has 0 aliphatic rings. The Morgan fingerprint density at radius 3 is 2.42 bits per heavy atom. The fourth-order valence-corrected chi connectivity index (χ4v) is 1.99. The third kappa shape index (κ3) is 3.30. The van der Waals surface area contributed by atoms with Crippen molar-refractivity contribution in [2.24, 2.45) is 0 Å². The molecule has 0 heterocycles. The van der Waals surface area contributed by atoms with Crippen LogP contribution in [0.5, 0.6) is 11.5 Å². The lowest BCUT2D eigenvalue weighted by Crippen LogP contribution is -1.97. The fraction of sp³-hybridized carbons (Fsp3) is 0.143. The Kier molecular flexibility index (Phi) is 4.17. The molecule has 0 bridgehead atoms. The molecule has 0 fully saturated rings. The number of hydrogen-bond acceptors (Lipinski definition) is 2. The minimum absolute atomic E-state index is 0.0920. The maximum Gasteiger partial charge on any atom is 0.168 e. The molecular formula is C14H11BrF2O2. The number of aliphatic hydroxyl groups excluding tert-OH is 1. The van der Waals surface area contributed by atoms with Gasteiger partial charge in [-0.05, 0) is 37.3 Å². The molecule has 0 saturated carbocycles. The molecule has 0 spiro atoms. The van der Waals surface area contributed by atoms with Crippen LogP contribution in [0, 0.1) is 11.6 Å². The van der Waals surface area contributed by atoms with Crippen molar-refractivity contribution < 1.29 is 18.6 Å². The molecule has 0 aromatic heterocycles. The van der Waals surface area contributed by atoms with Crippen LogP contribution >= 0.6 is 15.9 Å². The Morgan fingerprint density at radius 2 is 1.79 bits per heavy atom. The molecule has 0 saturated heterocycles. The zero-order chi connectivity index (χ0) is 14.0. The fourth-order valence-electron chi connectivity index (χ4n) is 1.62. The standard InChI is InChI=1S/C14H11BrF2O2/c1-8(18)11-6-9(15)2-4-13(11)19-14-5-3-10(16)7-12(14)17/h2-8,18H,1H3. The van der Waals surface area contributed by atoms with Crippen LogP contribution in [0.25, 0.3) is 0 Å². The van der Waals surface area contributed by atoms with Gasteiger partial charge >= 0.3 is 0 Å². The molecule has 2 aromatic rings. The predicted molar refractivity (Wildman–Crippen MR) is 71.2 cm³/mol. The molecule has 0 radical (unpaired) electrons. The molecule has 100 valence electrons. The third-order valence-corrected chi connectivity index (χ3v) is 3.03. The monoisotopic (exact) mass is 328 g/mol. The first-order chi connectivity index (χ1) is 8.97. The van der Waals surface area contributed by atoms with Crippen molar-refractivity contribution in [3.8, 4) is 11.5 Å². The number of benzene rings is 2. The van der Waals surface area contributed by atoms with E-state index in [0.717, 1.165) is 16.6 Å². The largest absolute Gasteiger partial charge is 0.454 e. The maximum atomic E-state index is 13.5. The van der Waals surface area contributed by atoms with Crippen molar-refractivity contribution >= 4 is 15.9 Å². The average Bonchev–Trinajstić information content (AvgIpc) is 2.34. The zero-order valence-electron chi connectivity index (χ0n) is 10.0. The third-order valence-electron chi connectivity index (χ3n) is 2.54. The topological polar surface area (TPSA) is 29.5 Å². The van der Waals surface area contributed by atoms with E-state index >= 15 is 0 Å². The SMILES string of the molecule is CC(O)c1cc(Br)ccc1Oc1ccc(F)cc1F. The number of rotatable bonds is 3. The highest BCUT2D eigenvalue weighted by molar-refractivity contribution is 9.10. The molecule has 1 unspecified atom stereocenters. The molecule has 0 aliphatic carbocycles. The molecule has 0 amide bonds. The Hall–Kier alpha value is -1.46. The lowest BCUT2D eigenvalue weighted by atomic mass is 10.1. The van der Waals surface area contributed by atoms with Gasteiger partial charge in [0.05, 0.1) is 6.10 Å². The first-order valence-corrected chi connectivity index (χ1v) is 6.37. The van der Waals surface area contributed by atoms with Crippen molar-refractivity contribution in [3.63, 3.8) is 0 Å². The van der Waals surface area contributed by atoms with Crippen LogP contribution in [-0.4, -0.2) is 5.11 Å². The van der Waals surface area contributed by atoms with Crippen LogP contribution in [-0.2, 0) is 0 Å². The molecule has 2 rings (SSSR count).